The molecule has 0 N–H and O–H groups in total. The average molecular weight is 301 g/mol. The second-order valence-corrected chi connectivity index (χ2v) is 5.08. The van der Waals surface area contributed by atoms with E-state index in [2.05, 4.69) is 0 Å². The summed E-state index contributed by atoms with van der Waals surface area (Å²) in [7, 11) is 0. The summed E-state index contributed by atoms with van der Waals surface area (Å²) in [5, 5.41) is 10.9. The van der Waals surface area contributed by atoms with Gasteiger partial charge >= 0.3 is 5.97 Å². The van der Waals surface area contributed by atoms with Gasteiger partial charge in [0.15, 0.2) is 0 Å². The first-order chi connectivity index (χ1) is 10.1. The average Bonchev–Trinajstić information content (AvgIpc) is 2.94. The predicted octanol–water partition coefficient (Wildman–Crippen LogP) is 4.02. The lowest BCUT2D eigenvalue weighted by Crippen LogP contribution is -2.05. The van der Waals surface area contributed by atoms with Crippen LogP contribution in [-0.4, -0.2) is 12.6 Å². The van der Waals surface area contributed by atoms with Crippen molar-refractivity contribution in [2.45, 2.75) is 6.92 Å². The molecule has 0 unspecified atom stereocenters. The van der Waals surface area contributed by atoms with E-state index >= 15 is 0 Å². The second kappa shape index (κ2) is 6.82. The molecular formula is C16H12FNO2S. The van der Waals surface area contributed by atoms with Crippen LogP contribution in [0.3, 0.4) is 0 Å². The molecule has 1 aromatic heterocycles. The van der Waals surface area contributed by atoms with Crippen molar-refractivity contribution in [3.8, 4) is 17.2 Å². The molecule has 0 spiro atoms. The van der Waals surface area contributed by atoms with E-state index in [0.717, 1.165) is 16.0 Å². The summed E-state index contributed by atoms with van der Waals surface area (Å²) in [4.78, 5) is 12.3. The van der Waals surface area contributed by atoms with E-state index in [-0.39, 0.29) is 18.0 Å². The van der Waals surface area contributed by atoms with Crippen molar-refractivity contribution < 1.29 is 13.9 Å². The number of thiophene rings is 1. The van der Waals surface area contributed by atoms with Crippen LogP contribution in [0.15, 0.2) is 41.3 Å². The topological polar surface area (TPSA) is 50.1 Å². The number of ether oxygens (including phenoxy) is 1. The fourth-order valence-electron chi connectivity index (χ4n) is 1.71. The van der Waals surface area contributed by atoms with Gasteiger partial charge in [0.2, 0.25) is 0 Å². The summed E-state index contributed by atoms with van der Waals surface area (Å²) in [6.45, 7) is 1.91. The lowest BCUT2D eigenvalue weighted by molar-refractivity contribution is -0.137. The van der Waals surface area contributed by atoms with E-state index in [0.29, 0.717) is 0 Å². The predicted molar refractivity (Wildman–Crippen MR) is 79.9 cm³/mol. The van der Waals surface area contributed by atoms with Crippen molar-refractivity contribution in [3.63, 3.8) is 0 Å². The molecule has 0 aliphatic heterocycles. The Morgan fingerprint density at radius 1 is 1.38 bits per heavy atom. The minimum atomic E-state index is -0.628. The third kappa shape index (κ3) is 3.77. The molecule has 21 heavy (non-hydrogen) atoms. The maximum Gasteiger partial charge on any atom is 0.348 e. The largest absolute Gasteiger partial charge is 0.462 e. The molecule has 0 aliphatic rings. The molecule has 0 amide bonds. The number of rotatable bonds is 4. The van der Waals surface area contributed by atoms with Crippen LogP contribution in [-0.2, 0) is 9.53 Å². The number of carbonyl (C=O) groups is 1. The number of benzene rings is 1. The Hall–Kier alpha value is -2.45. The number of nitriles is 1. The van der Waals surface area contributed by atoms with Gasteiger partial charge in [-0.3, -0.25) is 0 Å². The molecule has 0 saturated heterocycles. The summed E-state index contributed by atoms with van der Waals surface area (Å²) in [6, 6.07) is 9.82. The van der Waals surface area contributed by atoms with Gasteiger partial charge in [-0.2, -0.15) is 5.26 Å². The zero-order valence-corrected chi connectivity index (χ0v) is 12.1. The molecule has 2 aromatic rings. The first-order valence-electron chi connectivity index (χ1n) is 6.27. The van der Waals surface area contributed by atoms with Crippen molar-refractivity contribution in [1.82, 2.24) is 0 Å². The molecule has 0 atom stereocenters. The molecule has 0 aliphatic carbocycles. The van der Waals surface area contributed by atoms with Gasteiger partial charge in [-0.15, -0.1) is 11.3 Å². The Morgan fingerprint density at radius 2 is 2.10 bits per heavy atom. The molecular weight excluding hydrogens is 289 g/mol. The Balaban J connectivity index is 2.25. The van der Waals surface area contributed by atoms with Crippen molar-refractivity contribution in [3.05, 3.63) is 52.0 Å². The highest BCUT2D eigenvalue weighted by atomic mass is 32.1. The fourth-order valence-corrected chi connectivity index (χ4v) is 2.56. The van der Waals surface area contributed by atoms with Crippen molar-refractivity contribution in [2.75, 3.05) is 6.61 Å². The molecule has 1 aromatic carbocycles. The monoisotopic (exact) mass is 301 g/mol. The molecule has 3 nitrogen and oxygen atoms in total. The number of nitrogens with zero attached hydrogens (tertiary/aromatic N) is 1. The van der Waals surface area contributed by atoms with E-state index in [1.165, 1.54) is 29.5 Å². The molecule has 0 bridgehead atoms. The standard InChI is InChI=1S/C16H12FNO2S/c1-2-20-16(19)12(9-18)7-15-8-13(10-21-15)11-3-5-14(17)6-4-11/h3-8,10H,2H2,1H3/b12-7+. The normalized spacial score (nSPS) is 11.0. The fraction of sp³-hybridized carbons (Fsp3) is 0.125. The number of halogens is 1. The molecule has 1 heterocycles. The van der Waals surface area contributed by atoms with E-state index < -0.39 is 5.97 Å². The third-order valence-electron chi connectivity index (χ3n) is 2.70. The van der Waals surface area contributed by atoms with Crippen molar-refractivity contribution in [2.24, 2.45) is 0 Å². The number of esters is 1. The van der Waals surface area contributed by atoms with Gasteiger partial charge in [-0.25, -0.2) is 9.18 Å². The van der Waals surface area contributed by atoms with E-state index in [4.69, 9.17) is 10.00 Å². The quantitative estimate of drug-likeness (QED) is 0.487. The van der Waals surface area contributed by atoms with Crippen LogP contribution in [0, 0.1) is 17.1 Å². The maximum absolute atomic E-state index is 12.9. The number of carbonyl (C=O) groups excluding carboxylic acids is 1. The van der Waals surface area contributed by atoms with Gasteiger partial charge in [0.25, 0.3) is 0 Å². The van der Waals surface area contributed by atoms with Crippen LogP contribution in [0.25, 0.3) is 17.2 Å². The minimum absolute atomic E-state index is 0.0376. The van der Waals surface area contributed by atoms with Crippen molar-refractivity contribution >= 4 is 23.4 Å². The van der Waals surface area contributed by atoms with Gasteiger partial charge < -0.3 is 4.74 Å². The third-order valence-corrected chi connectivity index (χ3v) is 3.58. The van der Waals surface area contributed by atoms with Gasteiger partial charge in [-0.1, -0.05) is 12.1 Å². The van der Waals surface area contributed by atoms with Crippen LogP contribution in [0.5, 0.6) is 0 Å². The first-order valence-corrected chi connectivity index (χ1v) is 7.15. The molecule has 2 rings (SSSR count). The Morgan fingerprint density at radius 3 is 2.71 bits per heavy atom. The summed E-state index contributed by atoms with van der Waals surface area (Å²) < 4.78 is 17.7. The molecule has 0 fully saturated rings. The number of hydrogen-bond donors (Lipinski definition) is 0. The summed E-state index contributed by atoms with van der Waals surface area (Å²) >= 11 is 1.40. The van der Waals surface area contributed by atoms with Crippen LogP contribution in [0.1, 0.15) is 11.8 Å². The highest BCUT2D eigenvalue weighted by Gasteiger charge is 2.10. The highest BCUT2D eigenvalue weighted by molar-refractivity contribution is 7.11. The van der Waals surface area contributed by atoms with E-state index in [1.807, 2.05) is 17.5 Å². The summed E-state index contributed by atoms with van der Waals surface area (Å²) in [5.41, 5.74) is 1.75. The molecule has 0 saturated carbocycles. The molecule has 0 radical (unpaired) electrons. The Labute approximate surface area is 125 Å². The molecule has 5 heteroatoms. The van der Waals surface area contributed by atoms with Crippen LogP contribution in [0.2, 0.25) is 0 Å². The minimum Gasteiger partial charge on any atom is -0.462 e. The van der Waals surface area contributed by atoms with Crippen LogP contribution >= 0.6 is 11.3 Å². The van der Waals surface area contributed by atoms with Crippen LogP contribution < -0.4 is 0 Å². The SMILES string of the molecule is CCOC(=O)/C(C#N)=C/c1cc(-c2ccc(F)cc2)cs1. The van der Waals surface area contributed by atoms with Crippen LogP contribution in [0.4, 0.5) is 4.39 Å². The zero-order chi connectivity index (χ0) is 15.2. The van der Waals surface area contributed by atoms with E-state index in [9.17, 15) is 9.18 Å². The second-order valence-electron chi connectivity index (χ2n) is 4.13. The summed E-state index contributed by atoms with van der Waals surface area (Å²) in [5.74, 6) is -0.917. The van der Waals surface area contributed by atoms with Gasteiger partial charge in [-0.05, 0) is 47.7 Å². The van der Waals surface area contributed by atoms with Gasteiger partial charge in [0.1, 0.15) is 17.5 Å². The summed E-state index contributed by atoms with van der Waals surface area (Å²) in [6.07, 6.45) is 1.50. The van der Waals surface area contributed by atoms with Gasteiger partial charge in [0.05, 0.1) is 6.61 Å². The number of hydrogen-bond acceptors (Lipinski definition) is 4. The Bertz CT molecular complexity index is 711. The smallest absolute Gasteiger partial charge is 0.348 e. The lowest BCUT2D eigenvalue weighted by atomic mass is 10.1. The van der Waals surface area contributed by atoms with E-state index in [1.54, 1.807) is 19.1 Å². The first kappa shape index (κ1) is 14.9. The Kier molecular flexibility index (Phi) is 4.85. The lowest BCUT2D eigenvalue weighted by Gasteiger charge is -1.98. The van der Waals surface area contributed by atoms with Gasteiger partial charge in [0, 0.05) is 4.88 Å². The highest BCUT2D eigenvalue weighted by Crippen LogP contribution is 2.27. The zero-order valence-electron chi connectivity index (χ0n) is 11.3. The maximum atomic E-state index is 12.9. The van der Waals surface area contributed by atoms with Crippen molar-refractivity contribution in [1.29, 1.82) is 5.26 Å². The molecule has 106 valence electrons.